The molecule has 24 heavy (non-hydrogen) atoms. The second-order valence-corrected chi connectivity index (χ2v) is 8.32. The molecule has 7 heteroatoms. The van der Waals surface area contributed by atoms with Gasteiger partial charge in [-0.2, -0.15) is 4.31 Å². The Kier molecular flexibility index (Phi) is 5.06. The summed E-state index contributed by atoms with van der Waals surface area (Å²) in [5.74, 6) is 0.730. The van der Waals surface area contributed by atoms with Crippen LogP contribution >= 0.6 is 23.2 Å². The number of methoxy groups -OCH3 is 1. The lowest BCUT2D eigenvalue weighted by Crippen LogP contribution is -2.33. The minimum atomic E-state index is -3.77. The molecule has 3 rings (SSSR count). The summed E-state index contributed by atoms with van der Waals surface area (Å²) >= 11 is 12.2. The number of halogens is 2. The smallest absolute Gasteiger partial charge is 0.246 e. The zero-order valence-electron chi connectivity index (χ0n) is 13.1. The number of benzene rings is 2. The van der Waals surface area contributed by atoms with Gasteiger partial charge in [0.25, 0.3) is 0 Å². The zero-order valence-corrected chi connectivity index (χ0v) is 15.4. The molecule has 2 aromatic rings. The Morgan fingerprint density at radius 1 is 1.08 bits per heavy atom. The molecule has 0 aliphatic heterocycles. The molecule has 0 N–H and O–H groups in total. The number of hydrogen-bond donors (Lipinski definition) is 0. The third-order valence-corrected chi connectivity index (χ3v) is 6.79. The fourth-order valence-corrected chi connectivity index (χ4v) is 5.30. The molecule has 1 aliphatic rings. The molecule has 0 radical (unpaired) electrons. The van der Waals surface area contributed by atoms with Crippen LogP contribution in [0.3, 0.4) is 0 Å². The third-order valence-electron chi connectivity index (χ3n) is 3.94. The van der Waals surface area contributed by atoms with Gasteiger partial charge in [-0.25, -0.2) is 8.42 Å². The highest BCUT2D eigenvalue weighted by Crippen LogP contribution is 2.38. The van der Waals surface area contributed by atoms with E-state index in [1.54, 1.807) is 25.3 Å². The SMILES string of the molecule is COc1ccc(CN(C2CC2)S(=O)(=O)c2c(Cl)cccc2Cl)cc1. The van der Waals surface area contributed by atoms with Gasteiger partial charge in [0.15, 0.2) is 0 Å². The number of ether oxygens (including phenoxy) is 1. The second kappa shape index (κ2) is 6.92. The van der Waals surface area contributed by atoms with Gasteiger partial charge in [0.2, 0.25) is 10.0 Å². The summed E-state index contributed by atoms with van der Waals surface area (Å²) in [7, 11) is -2.18. The van der Waals surface area contributed by atoms with Crippen LogP contribution in [0, 0.1) is 0 Å². The highest BCUT2D eigenvalue weighted by molar-refractivity contribution is 7.89. The van der Waals surface area contributed by atoms with Gasteiger partial charge in [-0.15, -0.1) is 0 Å². The van der Waals surface area contributed by atoms with E-state index in [2.05, 4.69) is 0 Å². The van der Waals surface area contributed by atoms with Crippen molar-refractivity contribution in [3.8, 4) is 5.75 Å². The molecule has 128 valence electrons. The van der Waals surface area contributed by atoms with Crippen LogP contribution in [0.5, 0.6) is 5.75 Å². The van der Waals surface area contributed by atoms with Crippen molar-refractivity contribution in [1.29, 1.82) is 0 Å². The predicted molar refractivity (Wildman–Crippen MR) is 95.2 cm³/mol. The highest BCUT2D eigenvalue weighted by Gasteiger charge is 2.39. The highest BCUT2D eigenvalue weighted by atomic mass is 35.5. The van der Waals surface area contributed by atoms with Crippen LogP contribution in [0.1, 0.15) is 18.4 Å². The standard InChI is InChI=1S/C17H17Cl2NO3S/c1-23-14-9-5-12(6-10-14)11-20(13-7-8-13)24(21,22)17-15(18)3-2-4-16(17)19/h2-6,9-10,13H,7-8,11H2,1H3. The van der Waals surface area contributed by atoms with Crippen molar-refractivity contribution in [1.82, 2.24) is 4.31 Å². The Morgan fingerprint density at radius 3 is 2.17 bits per heavy atom. The minimum absolute atomic E-state index is 0.00978. The van der Waals surface area contributed by atoms with E-state index < -0.39 is 10.0 Å². The molecular formula is C17H17Cl2NO3S. The molecule has 0 saturated heterocycles. The van der Waals surface area contributed by atoms with Crippen LogP contribution < -0.4 is 4.74 Å². The van der Waals surface area contributed by atoms with Gasteiger partial charge < -0.3 is 4.74 Å². The van der Waals surface area contributed by atoms with Gasteiger partial charge in [-0.1, -0.05) is 41.4 Å². The van der Waals surface area contributed by atoms with Crippen molar-refractivity contribution < 1.29 is 13.2 Å². The van der Waals surface area contributed by atoms with Crippen molar-refractivity contribution in [2.45, 2.75) is 30.3 Å². The van der Waals surface area contributed by atoms with Crippen LogP contribution in [0.15, 0.2) is 47.4 Å². The summed E-state index contributed by atoms with van der Waals surface area (Å²) in [5, 5.41) is 0.283. The molecule has 0 aromatic heterocycles. The molecule has 0 bridgehead atoms. The lowest BCUT2D eigenvalue weighted by atomic mass is 10.2. The molecule has 1 fully saturated rings. The maximum atomic E-state index is 13.1. The summed E-state index contributed by atoms with van der Waals surface area (Å²) in [6.07, 6.45) is 1.69. The van der Waals surface area contributed by atoms with Gasteiger partial charge in [-0.3, -0.25) is 0 Å². The first-order chi connectivity index (χ1) is 11.4. The Hall–Kier alpha value is -1.27. The average molecular weight is 386 g/mol. The molecule has 0 amide bonds. The van der Waals surface area contributed by atoms with Crippen molar-refractivity contribution in [3.05, 3.63) is 58.1 Å². The maximum absolute atomic E-state index is 13.1. The molecule has 0 spiro atoms. The fraction of sp³-hybridized carbons (Fsp3) is 0.294. The molecule has 1 aliphatic carbocycles. The Bertz CT molecular complexity index is 813. The van der Waals surface area contributed by atoms with E-state index in [9.17, 15) is 8.42 Å². The number of nitrogens with zero attached hydrogens (tertiary/aromatic N) is 1. The van der Waals surface area contributed by atoms with E-state index in [0.29, 0.717) is 0 Å². The number of hydrogen-bond acceptors (Lipinski definition) is 3. The van der Waals surface area contributed by atoms with Gasteiger partial charge >= 0.3 is 0 Å². The number of sulfonamides is 1. The van der Waals surface area contributed by atoms with Crippen LogP contribution in [0.25, 0.3) is 0 Å². The van der Waals surface area contributed by atoms with Gasteiger partial charge in [0.05, 0.1) is 17.2 Å². The first-order valence-electron chi connectivity index (χ1n) is 7.52. The lowest BCUT2D eigenvalue weighted by molar-refractivity contribution is 0.397. The molecule has 4 nitrogen and oxygen atoms in total. The summed E-state index contributed by atoms with van der Waals surface area (Å²) in [5.41, 5.74) is 0.884. The normalized spacial score (nSPS) is 14.8. The van der Waals surface area contributed by atoms with E-state index in [1.165, 1.54) is 4.31 Å². The first kappa shape index (κ1) is 17.5. The van der Waals surface area contributed by atoms with E-state index in [1.807, 2.05) is 24.3 Å². The maximum Gasteiger partial charge on any atom is 0.246 e. The molecular weight excluding hydrogens is 369 g/mol. The average Bonchev–Trinajstić information content (AvgIpc) is 3.37. The van der Waals surface area contributed by atoms with Crippen molar-refractivity contribution in [3.63, 3.8) is 0 Å². The molecule has 0 unspecified atom stereocenters. The second-order valence-electron chi connectivity index (χ2n) is 5.68. The summed E-state index contributed by atoms with van der Waals surface area (Å²) < 4.78 is 32.9. The minimum Gasteiger partial charge on any atom is -0.497 e. The largest absolute Gasteiger partial charge is 0.497 e. The van der Waals surface area contributed by atoms with Gasteiger partial charge in [0.1, 0.15) is 10.6 Å². The monoisotopic (exact) mass is 385 g/mol. The van der Waals surface area contributed by atoms with Crippen molar-refractivity contribution in [2.24, 2.45) is 0 Å². The topological polar surface area (TPSA) is 46.6 Å². The molecule has 0 heterocycles. The molecule has 2 aromatic carbocycles. The summed E-state index contributed by atoms with van der Waals surface area (Å²) in [4.78, 5) is -0.0197. The Labute approximate surface area is 152 Å². The van der Waals surface area contributed by atoms with Crippen molar-refractivity contribution >= 4 is 33.2 Å². The predicted octanol–water partition coefficient (Wildman–Crippen LogP) is 4.36. The van der Waals surface area contributed by atoms with Crippen LogP contribution in [0.4, 0.5) is 0 Å². The van der Waals surface area contributed by atoms with E-state index in [4.69, 9.17) is 27.9 Å². The van der Waals surface area contributed by atoms with Crippen molar-refractivity contribution in [2.75, 3.05) is 7.11 Å². The number of rotatable bonds is 6. The van der Waals surface area contributed by atoms with Gasteiger partial charge in [-0.05, 0) is 42.7 Å². The zero-order chi connectivity index (χ0) is 17.3. The van der Waals surface area contributed by atoms with E-state index in [-0.39, 0.29) is 27.5 Å². The Morgan fingerprint density at radius 2 is 1.67 bits per heavy atom. The molecule has 0 atom stereocenters. The van der Waals surface area contributed by atoms with E-state index >= 15 is 0 Å². The summed E-state index contributed by atoms with van der Waals surface area (Å²) in [6, 6.07) is 12.1. The van der Waals surface area contributed by atoms with Crippen LogP contribution in [-0.4, -0.2) is 25.9 Å². The summed E-state index contributed by atoms with van der Waals surface area (Å²) in [6.45, 7) is 0.276. The fourth-order valence-electron chi connectivity index (χ4n) is 2.53. The van der Waals surface area contributed by atoms with Crippen LogP contribution in [-0.2, 0) is 16.6 Å². The lowest BCUT2D eigenvalue weighted by Gasteiger charge is -2.23. The van der Waals surface area contributed by atoms with E-state index in [0.717, 1.165) is 24.2 Å². The first-order valence-corrected chi connectivity index (χ1v) is 9.72. The quantitative estimate of drug-likeness (QED) is 0.741. The third kappa shape index (κ3) is 3.54. The Balaban J connectivity index is 1.95. The van der Waals surface area contributed by atoms with Crippen LogP contribution in [0.2, 0.25) is 10.0 Å². The van der Waals surface area contributed by atoms with Gasteiger partial charge in [0, 0.05) is 12.6 Å². The molecule has 1 saturated carbocycles.